The van der Waals surface area contributed by atoms with Crippen LogP contribution >= 0.6 is 0 Å². The third kappa shape index (κ3) is 1.98. The van der Waals surface area contributed by atoms with E-state index in [1.807, 2.05) is 0 Å². The molecule has 1 heteroatoms. The van der Waals surface area contributed by atoms with Gasteiger partial charge < -0.3 is 5.11 Å². The molecule has 0 saturated heterocycles. The van der Waals surface area contributed by atoms with Crippen LogP contribution in [0.3, 0.4) is 0 Å². The fourth-order valence-corrected chi connectivity index (χ4v) is 3.31. The zero-order valence-corrected chi connectivity index (χ0v) is 11.0. The number of rotatable bonds is 1. The Morgan fingerprint density at radius 3 is 2.56 bits per heavy atom. The third-order valence-electron chi connectivity index (χ3n) is 4.47. The Hall–Kier alpha value is -0.560. The van der Waals surface area contributed by atoms with Crippen LogP contribution in [0, 0.1) is 17.8 Å². The molecule has 0 fully saturated rings. The fraction of sp³-hybridized carbons (Fsp3) is 0.733. The maximum Gasteiger partial charge on any atom is 0.0753 e. The summed E-state index contributed by atoms with van der Waals surface area (Å²) >= 11 is 0. The first-order valence-electron chi connectivity index (χ1n) is 6.55. The fourth-order valence-electron chi connectivity index (χ4n) is 3.31. The second-order valence-corrected chi connectivity index (χ2v) is 5.91. The van der Waals surface area contributed by atoms with Gasteiger partial charge in [0.1, 0.15) is 0 Å². The van der Waals surface area contributed by atoms with Gasteiger partial charge in [0, 0.05) is 5.92 Å². The van der Waals surface area contributed by atoms with Crippen molar-refractivity contribution in [2.75, 3.05) is 0 Å². The molecule has 0 amide bonds. The zero-order chi connectivity index (χ0) is 11.9. The first kappa shape index (κ1) is 11.9. The molecule has 2 rings (SSSR count). The van der Waals surface area contributed by atoms with Crippen LogP contribution < -0.4 is 0 Å². The maximum absolute atomic E-state index is 10.1. The molecular weight excluding hydrogens is 196 g/mol. The molecule has 3 unspecified atom stereocenters. The van der Waals surface area contributed by atoms with E-state index >= 15 is 0 Å². The van der Waals surface area contributed by atoms with Gasteiger partial charge in [-0.05, 0) is 50.5 Å². The van der Waals surface area contributed by atoms with Gasteiger partial charge in [-0.25, -0.2) is 0 Å². The highest BCUT2D eigenvalue weighted by Crippen LogP contribution is 2.44. The number of aliphatic hydroxyl groups excluding tert-OH is 1. The van der Waals surface area contributed by atoms with Crippen molar-refractivity contribution in [3.8, 4) is 0 Å². The van der Waals surface area contributed by atoms with E-state index in [0.717, 1.165) is 6.42 Å². The average molecular weight is 220 g/mol. The minimum absolute atomic E-state index is 0.189. The third-order valence-corrected chi connectivity index (χ3v) is 4.47. The largest absolute Gasteiger partial charge is 0.389 e. The normalized spacial score (nSPS) is 35.1. The van der Waals surface area contributed by atoms with Crippen molar-refractivity contribution in [1.82, 2.24) is 0 Å². The van der Waals surface area contributed by atoms with E-state index in [0.29, 0.717) is 17.8 Å². The molecule has 0 aromatic heterocycles. The van der Waals surface area contributed by atoms with E-state index in [2.05, 4.69) is 33.8 Å². The molecule has 1 N–H and O–H groups in total. The Bertz CT molecular complexity index is 335. The van der Waals surface area contributed by atoms with Gasteiger partial charge in [-0.3, -0.25) is 0 Å². The summed E-state index contributed by atoms with van der Waals surface area (Å²) in [5.41, 5.74) is 4.32. The van der Waals surface area contributed by atoms with Crippen LogP contribution in [0.4, 0.5) is 0 Å². The molecular formula is C15H24O. The lowest BCUT2D eigenvalue weighted by molar-refractivity contribution is 0.126. The Morgan fingerprint density at radius 2 is 1.94 bits per heavy atom. The molecule has 0 heterocycles. The monoisotopic (exact) mass is 220 g/mol. The summed E-state index contributed by atoms with van der Waals surface area (Å²) in [7, 11) is 0. The van der Waals surface area contributed by atoms with Crippen LogP contribution in [0.25, 0.3) is 0 Å². The van der Waals surface area contributed by atoms with Gasteiger partial charge in [-0.2, -0.15) is 0 Å². The zero-order valence-electron chi connectivity index (χ0n) is 11.0. The van der Waals surface area contributed by atoms with Crippen LogP contribution in [0.2, 0.25) is 0 Å². The summed E-state index contributed by atoms with van der Waals surface area (Å²) in [5.74, 6) is 1.89. The highest BCUT2D eigenvalue weighted by molar-refractivity contribution is 5.32. The molecule has 0 spiro atoms. The van der Waals surface area contributed by atoms with E-state index in [-0.39, 0.29) is 6.10 Å². The first-order valence-corrected chi connectivity index (χ1v) is 6.55. The number of fused-ring (bicyclic) bond motifs is 1. The molecule has 0 aliphatic heterocycles. The van der Waals surface area contributed by atoms with Crippen LogP contribution in [0.1, 0.15) is 47.0 Å². The summed E-state index contributed by atoms with van der Waals surface area (Å²) < 4.78 is 0. The smallest absolute Gasteiger partial charge is 0.0753 e. The van der Waals surface area contributed by atoms with E-state index < -0.39 is 0 Å². The number of aliphatic hydroxyl groups is 1. The lowest BCUT2D eigenvalue weighted by Gasteiger charge is -2.40. The number of allylic oxidation sites excluding steroid dienone is 3. The van der Waals surface area contributed by atoms with Crippen LogP contribution in [0.15, 0.2) is 22.8 Å². The first-order chi connectivity index (χ1) is 7.50. The highest BCUT2D eigenvalue weighted by atomic mass is 16.3. The minimum Gasteiger partial charge on any atom is -0.389 e. The van der Waals surface area contributed by atoms with Crippen LogP contribution in [-0.2, 0) is 0 Å². The average Bonchev–Trinajstić information content (AvgIpc) is 2.22. The number of hydrogen-bond donors (Lipinski definition) is 1. The van der Waals surface area contributed by atoms with E-state index in [9.17, 15) is 5.11 Å². The van der Waals surface area contributed by atoms with Crippen molar-refractivity contribution in [3.05, 3.63) is 22.8 Å². The second-order valence-electron chi connectivity index (χ2n) is 5.91. The summed E-state index contributed by atoms with van der Waals surface area (Å²) in [6.07, 6.45) is 5.56. The van der Waals surface area contributed by atoms with Crippen molar-refractivity contribution in [3.63, 3.8) is 0 Å². The predicted octanol–water partition coefficient (Wildman–Crippen LogP) is 3.70. The van der Waals surface area contributed by atoms with Gasteiger partial charge in [-0.15, -0.1) is 0 Å². The van der Waals surface area contributed by atoms with Gasteiger partial charge in [0.2, 0.25) is 0 Å². The highest BCUT2D eigenvalue weighted by Gasteiger charge is 2.35. The summed E-state index contributed by atoms with van der Waals surface area (Å²) in [6.45, 7) is 8.94. The van der Waals surface area contributed by atoms with Crippen molar-refractivity contribution in [2.45, 2.75) is 53.1 Å². The molecule has 3 atom stereocenters. The summed E-state index contributed by atoms with van der Waals surface area (Å²) in [6, 6.07) is 0. The summed E-state index contributed by atoms with van der Waals surface area (Å²) in [5, 5.41) is 10.1. The molecule has 90 valence electrons. The second kappa shape index (κ2) is 4.37. The Labute approximate surface area is 99.3 Å². The molecule has 0 aromatic carbocycles. The Balaban J connectivity index is 2.38. The minimum atomic E-state index is -0.189. The topological polar surface area (TPSA) is 20.2 Å². The molecule has 0 aromatic rings. The lowest BCUT2D eigenvalue weighted by Crippen LogP contribution is -2.33. The van der Waals surface area contributed by atoms with Gasteiger partial charge in [0.15, 0.2) is 0 Å². The molecule has 2 aliphatic rings. The van der Waals surface area contributed by atoms with E-state index in [4.69, 9.17) is 0 Å². The van der Waals surface area contributed by atoms with Crippen LogP contribution in [0.5, 0.6) is 0 Å². The quantitative estimate of drug-likeness (QED) is 0.668. The van der Waals surface area contributed by atoms with Crippen molar-refractivity contribution >= 4 is 0 Å². The molecule has 0 saturated carbocycles. The predicted molar refractivity (Wildman–Crippen MR) is 68.1 cm³/mol. The van der Waals surface area contributed by atoms with Crippen molar-refractivity contribution in [2.24, 2.45) is 17.8 Å². The SMILES string of the molecule is CC1=CC2C(=C(C)C(O)CC2C(C)C)CC1. The standard InChI is InChI=1S/C15H24O/c1-9(2)13-8-15(16)11(4)12-6-5-10(3)7-14(12)13/h7,9,13-16H,5-6,8H2,1-4H3. The lowest BCUT2D eigenvalue weighted by atomic mass is 9.66. The molecule has 2 aliphatic carbocycles. The molecule has 0 radical (unpaired) electrons. The maximum atomic E-state index is 10.1. The summed E-state index contributed by atoms with van der Waals surface area (Å²) in [4.78, 5) is 0. The number of hydrogen-bond acceptors (Lipinski definition) is 1. The van der Waals surface area contributed by atoms with Gasteiger partial charge >= 0.3 is 0 Å². The van der Waals surface area contributed by atoms with E-state index in [1.54, 1.807) is 0 Å². The molecule has 1 nitrogen and oxygen atoms in total. The van der Waals surface area contributed by atoms with Gasteiger partial charge in [0.05, 0.1) is 6.10 Å². The van der Waals surface area contributed by atoms with E-state index in [1.165, 1.54) is 29.6 Å². The Kier molecular flexibility index (Phi) is 3.25. The Morgan fingerprint density at radius 1 is 1.25 bits per heavy atom. The van der Waals surface area contributed by atoms with Crippen molar-refractivity contribution in [1.29, 1.82) is 0 Å². The van der Waals surface area contributed by atoms with Crippen LogP contribution in [-0.4, -0.2) is 11.2 Å². The van der Waals surface area contributed by atoms with Gasteiger partial charge in [0.25, 0.3) is 0 Å². The van der Waals surface area contributed by atoms with Crippen molar-refractivity contribution < 1.29 is 5.11 Å². The molecule has 0 bridgehead atoms. The molecule has 16 heavy (non-hydrogen) atoms. The van der Waals surface area contributed by atoms with Gasteiger partial charge in [-0.1, -0.05) is 31.1 Å².